The van der Waals surface area contributed by atoms with Gasteiger partial charge in [-0.25, -0.2) is 4.79 Å². The third-order valence-electron chi connectivity index (χ3n) is 5.30. The molecule has 0 bridgehead atoms. The maximum Gasteiger partial charge on any atom is 0.330 e. The summed E-state index contributed by atoms with van der Waals surface area (Å²) < 4.78 is 4.89. The van der Waals surface area contributed by atoms with Crippen molar-refractivity contribution in [3.05, 3.63) is 35.9 Å². The van der Waals surface area contributed by atoms with E-state index in [2.05, 4.69) is 6.92 Å². The molecular weight excluding hydrogens is 362 g/mol. The highest BCUT2D eigenvalue weighted by atomic mass is 16.6. The third kappa shape index (κ3) is 14.0. The Morgan fingerprint density at radius 2 is 1.28 bits per heavy atom. The van der Waals surface area contributed by atoms with Crippen molar-refractivity contribution in [1.82, 2.24) is 0 Å². The second kappa shape index (κ2) is 17.2. The minimum absolute atomic E-state index is 0.293. The minimum atomic E-state index is -0.798. The first-order chi connectivity index (χ1) is 14.1. The maximum absolute atomic E-state index is 11.9. The highest BCUT2D eigenvalue weighted by molar-refractivity contribution is 5.88. The lowest BCUT2D eigenvalue weighted by atomic mass is 10.0. The van der Waals surface area contributed by atoms with Crippen LogP contribution in [0, 0.1) is 0 Å². The number of ether oxygens (including phenoxy) is 1. The van der Waals surface area contributed by atoms with Crippen LogP contribution in [0.4, 0.5) is 0 Å². The predicted molar refractivity (Wildman–Crippen MR) is 120 cm³/mol. The van der Waals surface area contributed by atoms with Crippen molar-refractivity contribution in [3.63, 3.8) is 0 Å². The van der Waals surface area contributed by atoms with E-state index in [1.54, 1.807) is 0 Å². The zero-order valence-electron chi connectivity index (χ0n) is 18.4. The van der Waals surface area contributed by atoms with E-state index in [1.165, 1.54) is 64.2 Å². The van der Waals surface area contributed by atoms with Gasteiger partial charge in [-0.2, -0.15) is 0 Å². The van der Waals surface area contributed by atoms with Gasteiger partial charge in [0.1, 0.15) is 6.04 Å². The Morgan fingerprint density at radius 1 is 0.793 bits per heavy atom. The van der Waals surface area contributed by atoms with Crippen molar-refractivity contribution in [2.45, 2.75) is 109 Å². The van der Waals surface area contributed by atoms with Crippen molar-refractivity contribution < 1.29 is 14.3 Å². The Bertz CT molecular complexity index is 544. The Balaban J connectivity index is 1.94. The minimum Gasteiger partial charge on any atom is -0.392 e. The van der Waals surface area contributed by atoms with Gasteiger partial charge < -0.3 is 10.5 Å². The largest absolute Gasteiger partial charge is 0.392 e. The van der Waals surface area contributed by atoms with Crippen LogP contribution in [0.25, 0.3) is 0 Å². The SMILES string of the molecule is CCCCCCCCCCCCCCCC(=O)OC(=O)[C@@H](N)Cc1ccccc1. The van der Waals surface area contributed by atoms with E-state index < -0.39 is 18.0 Å². The van der Waals surface area contributed by atoms with Crippen LogP contribution in [-0.2, 0) is 20.7 Å². The molecule has 4 heteroatoms. The average molecular weight is 404 g/mol. The highest BCUT2D eigenvalue weighted by Gasteiger charge is 2.18. The molecule has 29 heavy (non-hydrogen) atoms. The first kappa shape index (κ1) is 25.4. The van der Waals surface area contributed by atoms with E-state index in [0.717, 1.165) is 24.8 Å². The molecule has 0 unspecified atom stereocenters. The summed E-state index contributed by atoms with van der Waals surface area (Å²) in [6.45, 7) is 2.26. The van der Waals surface area contributed by atoms with Crippen LogP contribution in [0.5, 0.6) is 0 Å². The molecule has 0 spiro atoms. The molecule has 0 saturated carbocycles. The molecule has 0 amide bonds. The molecule has 0 aromatic heterocycles. The Labute approximate surface area is 177 Å². The van der Waals surface area contributed by atoms with E-state index in [0.29, 0.717) is 12.8 Å². The summed E-state index contributed by atoms with van der Waals surface area (Å²) in [6, 6.07) is 8.71. The second-order valence-corrected chi connectivity index (χ2v) is 8.08. The van der Waals surface area contributed by atoms with Gasteiger partial charge in [0.15, 0.2) is 0 Å². The van der Waals surface area contributed by atoms with Gasteiger partial charge in [0.25, 0.3) is 0 Å². The van der Waals surface area contributed by atoms with Crippen LogP contribution in [0.15, 0.2) is 30.3 Å². The van der Waals surface area contributed by atoms with Gasteiger partial charge in [0.2, 0.25) is 0 Å². The summed E-state index contributed by atoms with van der Waals surface area (Å²) in [7, 11) is 0. The van der Waals surface area contributed by atoms with Crippen molar-refractivity contribution in [2.24, 2.45) is 5.73 Å². The topological polar surface area (TPSA) is 69.4 Å². The van der Waals surface area contributed by atoms with Gasteiger partial charge in [0.05, 0.1) is 0 Å². The predicted octanol–water partition coefficient (Wildman–Crippen LogP) is 6.11. The summed E-state index contributed by atoms with van der Waals surface area (Å²) in [5, 5.41) is 0. The number of hydrogen-bond donors (Lipinski definition) is 1. The van der Waals surface area contributed by atoms with Crippen LogP contribution < -0.4 is 5.73 Å². The average Bonchev–Trinajstić information content (AvgIpc) is 2.72. The zero-order valence-corrected chi connectivity index (χ0v) is 18.4. The fourth-order valence-corrected chi connectivity index (χ4v) is 3.48. The second-order valence-electron chi connectivity index (χ2n) is 8.08. The Morgan fingerprint density at radius 3 is 1.79 bits per heavy atom. The van der Waals surface area contributed by atoms with E-state index >= 15 is 0 Å². The number of rotatable bonds is 17. The van der Waals surface area contributed by atoms with Gasteiger partial charge >= 0.3 is 11.9 Å². The summed E-state index contributed by atoms with van der Waals surface area (Å²) in [5.41, 5.74) is 6.80. The van der Waals surface area contributed by atoms with E-state index in [4.69, 9.17) is 10.5 Å². The van der Waals surface area contributed by atoms with Crippen molar-refractivity contribution in [3.8, 4) is 0 Å². The van der Waals surface area contributed by atoms with E-state index in [1.807, 2.05) is 30.3 Å². The van der Waals surface area contributed by atoms with Gasteiger partial charge in [-0.3, -0.25) is 4.79 Å². The molecule has 164 valence electrons. The molecule has 2 N–H and O–H groups in total. The van der Waals surface area contributed by atoms with E-state index in [9.17, 15) is 9.59 Å². The lowest BCUT2D eigenvalue weighted by Gasteiger charge is -2.10. The number of esters is 2. The number of benzene rings is 1. The summed E-state index contributed by atoms with van der Waals surface area (Å²) in [6.07, 6.45) is 17.0. The fraction of sp³-hybridized carbons (Fsp3) is 0.680. The molecule has 1 aromatic rings. The fourth-order valence-electron chi connectivity index (χ4n) is 3.48. The molecule has 0 aliphatic carbocycles. The number of nitrogens with two attached hydrogens (primary N) is 1. The summed E-state index contributed by atoms with van der Waals surface area (Å²) in [5.74, 6) is -1.09. The molecule has 1 atom stereocenters. The van der Waals surface area contributed by atoms with Crippen LogP contribution >= 0.6 is 0 Å². The van der Waals surface area contributed by atoms with Gasteiger partial charge in [-0.15, -0.1) is 0 Å². The van der Waals surface area contributed by atoms with Crippen LogP contribution in [-0.4, -0.2) is 18.0 Å². The first-order valence-corrected chi connectivity index (χ1v) is 11.7. The normalized spacial score (nSPS) is 11.9. The maximum atomic E-state index is 11.9. The van der Waals surface area contributed by atoms with Crippen molar-refractivity contribution in [1.29, 1.82) is 0 Å². The molecule has 1 rings (SSSR count). The lowest BCUT2D eigenvalue weighted by molar-refractivity contribution is -0.160. The standard InChI is InChI=1S/C25H41NO3/c1-2-3-4-5-6-7-8-9-10-11-12-13-17-20-24(27)29-25(28)23(26)21-22-18-15-14-16-19-22/h14-16,18-19,23H,2-13,17,20-21,26H2,1H3/t23-/m0/s1. The quantitative estimate of drug-likeness (QED) is 0.194. The molecule has 0 saturated heterocycles. The monoisotopic (exact) mass is 403 g/mol. The number of unbranched alkanes of at least 4 members (excludes halogenated alkanes) is 12. The van der Waals surface area contributed by atoms with Crippen LogP contribution in [0.2, 0.25) is 0 Å². The number of carbonyl (C=O) groups is 2. The molecule has 0 radical (unpaired) electrons. The summed E-state index contributed by atoms with van der Waals surface area (Å²) >= 11 is 0. The molecule has 0 aliphatic heterocycles. The van der Waals surface area contributed by atoms with Crippen molar-refractivity contribution >= 4 is 11.9 Å². The molecule has 4 nitrogen and oxygen atoms in total. The molecule has 0 aliphatic rings. The molecule has 0 fully saturated rings. The molecule has 0 heterocycles. The lowest BCUT2D eigenvalue weighted by Crippen LogP contribution is -2.35. The smallest absolute Gasteiger partial charge is 0.330 e. The van der Waals surface area contributed by atoms with Crippen LogP contribution in [0.3, 0.4) is 0 Å². The van der Waals surface area contributed by atoms with Gasteiger partial charge in [-0.05, 0) is 18.4 Å². The number of hydrogen-bond acceptors (Lipinski definition) is 4. The molecular formula is C25H41NO3. The Hall–Kier alpha value is -1.68. The van der Waals surface area contributed by atoms with Gasteiger partial charge in [0, 0.05) is 6.42 Å². The van der Waals surface area contributed by atoms with Crippen molar-refractivity contribution in [2.75, 3.05) is 0 Å². The number of carbonyl (C=O) groups excluding carboxylic acids is 2. The zero-order chi connectivity index (χ0) is 21.2. The van der Waals surface area contributed by atoms with Crippen LogP contribution in [0.1, 0.15) is 102 Å². The summed E-state index contributed by atoms with van der Waals surface area (Å²) in [4.78, 5) is 23.7. The van der Waals surface area contributed by atoms with E-state index in [-0.39, 0.29) is 0 Å². The van der Waals surface area contributed by atoms with Gasteiger partial charge in [-0.1, -0.05) is 114 Å². The Kier molecular flexibility index (Phi) is 15.0. The molecule has 1 aromatic carbocycles. The third-order valence-corrected chi connectivity index (χ3v) is 5.30. The highest BCUT2D eigenvalue weighted by Crippen LogP contribution is 2.13. The first-order valence-electron chi connectivity index (χ1n) is 11.7.